The highest BCUT2D eigenvalue weighted by molar-refractivity contribution is 5.96. The van der Waals surface area contributed by atoms with E-state index >= 15 is 0 Å². The average molecular weight is 404 g/mol. The molecule has 0 saturated carbocycles. The molecule has 11 heteroatoms. The number of rotatable bonds is 5. The van der Waals surface area contributed by atoms with Crippen molar-refractivity contribution in [1.82, 2.24) is 30.4 Å². The van der Waals surface area contributed by atoms with E-state index in [0.717, 1.165) is 6.42 Å². The van der Waals surface area contributed by atoms with Crippen LogP contribution < -0.4 is 10.6 Å². The van der Waals surface area contributed by atoms with Crippen LogP contribution in [0.25, 0.3) is 0 Å². The lowest BCUT2D eigenvalue weighted by atomic mass is 10.0. The third-order valence-electron chi connectivity index (χ3n) is 4.97. The van der Waals surface area contributed by atoms with Gasteiger partial charge in [0.15, 0.2) is 0 Å². The highest BCUT2D eigenvalue weighted by Crippen LogP contribution is 2.15. The minimum atomic E-state index is -0.922. The molecule has 1 aromatic rings. The van der Waals surface area contributed by atoms with Crippen molar-refractivity contribution in [2.24, 2.45) is 0 Å². The highest BCUT2D eigenvalue weighted by atomic mass is 16.5. The van der Waals surface area contributed by atoms with Crippen LogP contribution in [0.1, 0.15) is 23.2 Å². The minimum absolute atomic E-state index is 0.00333. The number of hydrogen-bond acceptors (Lipinski definition) is 7. The SMILES string of the molecule is COCC(=O)N1CCN(C(=O)c2cncnc2)C[C@H]1C(=O)N[C@@H]1CCCNC1=O. The largest absolute Gasteiger partial charge is 0.375 e. The summed E-state index contributed by atoms with van der Waals surface area (Å²) in [4.78, 5) is 60.7. The third-order valence-corrected chi connectivity index (χ3v) is 4.97. The Morgan fingerprint density at radius 1 is 1.28 bits per heavy atom. The number of hydrogen-bond donors (Lipinski definition) is 2. The van der Waals surface area contributed by atoms with Crippen molar-refractivity contribution in [2.45, 2.75) is 24.9 Å². The molecule has 11 nitrogen and oxygen atoms in total. The van der Waals surface area contributed by atoms with Gasteiger partial charge in [0.1, 0.15) is 25.0 Å². The van der Waals surface area contributed by atoms with Crippen LogP contribution >= 0.6 is 0 Å². The molecule has 0 spiro atoms. The Labute approximate surface area is 167 Å². The standard InChI is InChI=1S/C18H24N6O5/c1-29-10-15(25)24-6-5-23(18(28)12-7-19-11-20-8-12)9-14(24)17(27)22-13-3-2-4-21-16(13)26/h7-8,11,13-14H,2-6,9-10H2,1H3,(H,21,26)(H,22,27)/t13-,14+/m1/s1. The van der Waals surface area contributed by atoms with Gasteiger partial charge in [-0.1, -0.05) is 0 Å². The van der Waals surface area contributed by atoms with E-state index in [1.54, 1.807) is 0 Å². The van der Waals surface area contributed by atoms with Gasteiger partial charge < -0.3 is 25.2 Å². The lowest BCUT2D eigenvalue weighted by molar-refractivity contribution is -0.147. The molecule has 2 N–H and O–H groups in total. The Morgan fingerprint density at radius 3 is 2.72 bits per heavy atom. The Hall–Kier alpha value is -3.08. The molecule has 156 valence electrons. The first kappa shape index (κ1) is 20.6. The van der Waals surface area contributed by atoms with Gasteiger partial charge in [-0.25, -0.2) is 9.97 Å². The highest BCUT2D eigenvalue weighted by Gasteiger charge is 2.38. The number of piperazine rings is 1. The zero-order valence-electron chi connectivity index (χ0n) is 16.2. The summed E-state index contributed by atoms with van der Waals surface area (Å²) in [6, 6.07) is -1.57. The maximum Gasteiger partial charge on any atom is 0.257 e. The molecule has 1 aromatic heterocycles. The van der Waals surface area contributed by atoms with Gasteiger partial charge in [0, 0.05) is 39.1 Å². The van der Waals surface area contributed by atoms with Crippen LogP contribution in [0.4, 0.5) is 0 Å². The summed E-state index contributed by atoms with van der Waals surface area (Å²) in [6.07, 6.45) is 5.41. The van der Waals surface area contributed by atoms with E-state index in [2.05, 4.69) is 20.6 Å². The first-order chi connectivity index (χ1) is 14.0. The Balaban J connectivity index is 1.75. The van der Waals surface area contributed by atoms with Crippen LogP contribution in [0.15, 0.2) is 18.7 Å². The van der Waals surface area contributed by atoms with E-state index in [-0.39, 0.29) is 44.0 Å². The van der Waals surface area contributed by atoms with Gasteiger partial charge in [-0.05, 0) is 12.8 Å². The van der Waals surface area contributed by atoms with Crippen LogP contribution in [0.2, 0.25) is 0 Å². The third kappa shape index (κ3) is 4.86. The number of ether oxygens (including phenoxy) is 1. The topological polar surface area (TPSA) is 134 Å². The zero-order valence-corrected chi connectivity index (χ0v) is 16.2. The van der Waals surface area contributed by atoms with Crippen molar-refractivity contribution < 1.29 is 23.9 Å². The summed E-state index contributed by atoms with van der Waals surface area (Å²) in [6.45, 7) is 0.847. The fourth-order valence-electron chi connectivity index (χ4n) is 3.47. The van der Waals surface area contributed by atoms with Crippen molar-refractivity contribution >= 4 is 23.6 Å². The van der Waals surface area contributed by atoms with Gasteiger partial charge in [0.2, 0.25) is 17.7 Å². The lowest BCUT2D eigenvalue weighted by Crippen LogP contribution is -2.64. The molecule has 3 rings (SSSR count). The minimum Gasteiger partial charge on any atom is -0.375 e. The van der Waals surface area contributed by atoms with Crippen LogP contribution in [0, 0.1) is 0 Å². The van der Waals surface area contributed by atoms with Crippen molar-refractivity contribution in [3.05, 3.63) is 24.3 Å². The molecule has 4 amide bonds. The predicted molar refractivity (Wildman–Crippen MR) is 99.5 cm³/mol. The van der Waals surface area contributed by atoms with E-state index in [1.807, 2.05) is 0 Å². The molecule has 0 aromatic carbocycles. The molecule has 2 aliphatic heterocycles. The summed E-state index contributed by atoms with van der Waals surface area (Å²) < 4.78 is 4.91. The molecular formula is C18H24N6O5. The van der Waals surface area contributed by atoms with Gasteiger partial charge in [0.25, 0.3) is 5.91 Å². The first-order valence-electron chi connectivity index (χ1n) is 9.42. The molecule has 29 heavy (non-hydrogen) atoms. The van der Waals surface area contributed by atoms with Crippen molar-refractivity contribution in [3.63, 3.8) is 0 Å². The average Bonchev–Trinajstić information content (AvgIpc) is 2.75. The number of methoxy groups -OCH3 is 1. The van der Waals surface area contributed by atoms with E-state index in [9.17, 15) is 19.2 Å². The number of nitrogens with one attached hydrogen (secondary N) is 2. The van der Waals surface area contributed by atoms with E-state index < -0.39 is 18.0 Å². The number of piperidine rings is 1. The lowest BCUT2D eigenvalue weighted by Gasteiger charge is -2.41. The van der Waals surface area contributed by atoms with Crippen molar-refractivity contribution in [2.75, 3.05) is 39.9 Å². The first-order valence-corrected chi connectivity index (χ1v) is 9.42. The number of nitrogens with zero attached hydrogens (tertiary/aromatic N) is 4. The molecule has 0 aliphatic carbocycles. The van der Waals surface area contributed by atoms with Crippen LogP contribution in [-0.2, 0) is 19.1 Å². The molecule has 0 bridgehead atoms. The predicted octanol–water partition coefficient (Wildman–Crippen LogP) is -1.83. The summed E-state index contributed by atoms with van der Waals surface area (Å²) in [5.41, 5.74) is 0.301. The second kappa shape index (κ2) is 9.41. The van der Waals surface area contributed by atoms with E-state index in [4.69, 9.17) is 4.74 Å². The Bertz CT molecular complexity index is 773. The molecule has 0 radical (unpaired) electrons. The maximum atomic E-state index is 12.9. The number of amides is 4. The molecule has 2 saturated heterocycles. The second-order valence-corrected chi connectivity index (χ2v) is 6.91. The van der Waals surface area contributed by atoms with Crippen molar-refractivity contribution in [1.29, 1.82) is 0 Å². The summed E-state index contributed by atoms with van der Waals surface area (Å²) in [5.74, 6) is -1.39. The van der Waals surface area contributed by atoms with Crippen LogP contribution in [0.3, 0.4) is 0 Å². The van der Waals surface area contributed by atoms with Gasteiger partial charge in [-0.3, -0.25) is 19.2 Å². The Morgan fingerprint density at radius 2 is 2.03 bits per heavy atom. The van der Waals surface area contributed by atoms with Crippen LogP contribution in [-0.4, -0.2) is 95.4 Å². The fraction of sp³-hybridized carbons (Fsp3) is 0.556. The molecule has 0 unspecified atom stereocenters. The zero-order chi connectivity index (χ0) is 20.8. The Kier molecular flexibility index (Phi) is 6.70. The second-order valence-electron chi connectivity index (χ2n) is 6.91. The van der Waals surface area contributed by atoms with Crippen molar-refractivity contribution in [3.8, 4) is 0 Å². The molecule has 2 fully saturated rings. The number of carbonyl (C=O) groups is 4. The smallest absolute Gasteiger partial charge is 0.257 e. The number of carbonyl (C=O) groups excluding carboxylic acids is 4. The van der Waals surface area contributed by atoms with E-state index in [1.165, 1.54) is 35.6 Å². The van der Waals surface area contributed by atoms with E-state index in [0.29, 0.717) is 18.5 Å². The summed E-state index contributed by atoms with van der Waals surface area (Å²) in [5, 5.41) is 5.43. The van der Waals surface area contributed by atoms with Gasteiger partial charge in [-0.15, -0.1) is 0 Å². The normalized spacial score (nSPS) is 22.0. The van der Waals surface area contributed by atoms with Crippen LogP contribution in [0.5, 0.6) is 0 Å². The molecule has 3 heterocycles. The molecule has 2 aliphatic rings. The van der Waals surface area contributed by atoms with Gasteiger partial charge in [0.05, 0.1) is 12.1 Å². The van der Waals surface area contributed by atoms with Gasteiger partial charge >= 0.3 is 0 Å². The summed E-state index contributed by atoms with van der Waals surface area (Å²) in [7, 11) is 1.40. The van der Waals surface area contributed by atoms with Gasteiger partial charge in [-0.2, -0.15) is 0 Å². The monoisotopic (exact) mass is 404 g/mol. The molecule has 2 atom stereocenters. The number of aromatic nitrogens is 2. The fourth-order valence-corrected chi connectivity index (χ4v) is 3.47. The quantitative estimate of drug-likeness (QED) is 0.590. The molecular weight excluding hydrogens is 380 g/mol. The summed E-state index contributed by atoms with van der Waals surface area (Å²) >= 11 is 0. The maximum absolute atomic E-state index is 12.9.